The number of nitrogen functional groups attached to an aromatic ring is 1. The molecule has 108 valence electrons. The van der Waals surface area contributed by atoms with Crippen LogP contribution in [0.4, 0.5) is 5.69 Å². The van der Waals surface area contributed by atoms with Crippen LogP contribution in [0, 0.1) is 0 Å². The summed E-state index contributed by atoms with van der Waals surface area (Å²) >= 11 is 0. The van der Waals surface area contributed by atoms with Crippen molar-refractivity contribution in [2.75, 3.05) is 26.0 Å². The molecule has 0 heterocycles. The molecule has 19 heavy (non-hydrogen) atoms. The van der Waals surface area contributed by atoms with E-state index in [9.17, 15) is 8.42 Å². The van der Waals surface area contributed by atoms with Crippen LogP contribution in [0.3, 0.4) is 0 Å². The maximum Gasteiger partial charge on any atom is 0.244 e. The Kier molecular flexibility index (Phi) is 5.59. The first-order chi connectivity index (χ1) is 8.90. The van der Waals surface area contributed by atoms with Gasteiger partial charge in [0.15, 0.2) is 0 Å². The monoisotopic (exact) mass is 288 g/mol. The van der Waals surface area contributed by atoms with Crippen molar-refractivity contribution < 1.29 is 17.9 Å². The Bertz CT molecular complexity index is 516. The average molecular weight is 288 g/mol. The second kappa shape index (κ2) is 6.74. The summed E-state index contributed by atoms with van der Waals surface area (Å²) in [6.45, 7) is 4.66. The summed E-state index contributed by atoms with van der Waals surface area (Å²) in [4.78, 5) is 0.0262. The Morgan fingerprint density at radius 1 is 1.42 bits per heavy atom. The Morgan fingerprint density at radius 2 is 2.11 bits per heavy atom. The van der Waals surface area contributed by atoms with Crippen molar-refractivity contribution in [1.29, 1.82) is 0 Å². The molecule has 7 heteroatoms. The molecule has 0 aliphatic rings. The van der Waals surface area contributed by atoms with Crippen molar-refractivity contribution in [3.8, 4) is 5.75 Å². The zero-order valence-corrected chi connectivity index (χ0v) is 12.2. The third-order valence-electron chi connectivity index (χ3n) is 2.41. The van der Waals surface area contributed by atoms with Gasteiger partial charge < -0.3 is 15.2 Å². The normalized spacial score (nSPS) is 13.2. The number of nitrogens with one attached hydrogen (secondary N) is 1. The molecule has 1 aromatic carbocycles. The maximum absolute atomic E-state index is 11.9. The first kappa shape index (κ1) is 15.7. The van der Waals surface area contributed by atoms with Crippen LogP contribution in [0.25, 0.3) is 0 Å². The predicted octanol–water partition coefficient (Wildman–Crippen LogP) is 0.981. The molecule has 0 aromatic heterocycles. The third kappa shape index (κ3) is 4.38. The van der Waals surface area contributed by atoms with E-state index >= 15 is 0 Å². The number of rotatable bonds is 7. The molecule has 0 radical (unpaired) electrons. The summed E-state index contributed by atoms with van der Waals surface area (Å²) in [7, 11) is -2.27. The van der Waals surface area contributed by atoms with Crippen molar-refractivity contribution in [2.24, 2.45) is 0 Å². The van der Waals surface area contributed by atoms with Gasteiger partial charge in [-0.05, 0) is 39.1 Å². The lowest BCUT2D eigenvalue weighted by atomic mass is 10.3. The van der Waals surface area contributed by atoms with Gasteiger partial charge in [-0.3, -0.25) is 0 Å². The fourth-order valence-corrected chi connectivity index (χ4v) is 2.37. The zero-order valence-electron chi connectivity index (χ0n) is 11.3. The Hall–Kier alpha value is -1.31. The molecule has 0 saturated carbocycles. The van der Waals surface area contributed by atoms with E-state index in [1.165, 1.54) is 13.1 Å². The second-order valence-corrected chi connectivity index (χ2v) is 5.86. The first-order valence-electron chi connectivity index (χ1n) is 5.98. The van der Waals surface area contributed by atoms with Gasteiger partial charge >= 0.3 is 0 Å². The van der Waals surface area contributed by atoms with Gasteiger partial charge in [0.1, 0.15) is 16.7 Å². The minimum Gasteiger partial charge on any atom is -0.487 e. The van der Waals surface area contributed by atoms with E-state index in [2.05, 4.69) is 4.72 Å². The highest BCUT2D eigenvalue weighted by Gasteiger charge is 2.19. The number of hydrogen-bond acceptors (Lipinski definition) is 5. The van der Waals surface area contributed by atoms with Gasteiger partial charge in [0.05, 0.1) is 6.61 Å². The molecule has 0 bridgehead atoms. The lowest BCUT2D eigenvalue weighted by Crippen LogP contribution is -2.23. The Balaban J connectivity index is 3.01. The smallest absolute Gasteiger partial charge is 0.244 e. The van der Waals surface area contributed by atoms with Crippen LogP contribution < -0.4 is 15.2 Å². The lowest BCUT2D eigenvalue weighted by molar-refractivity contribution is 0.0642. The zero-order chi connectivity index (χ0) is 14.5. The van der Waals surface area contributed by atoms with Crippen molar-refractivity contribution in [1.82, 2.24) is 4.72 Å². The SMILES string of the molecule is CCOCC(C)Oc1ccc(N)cc1S(=O)(=O)NC. The topological polar surface area (TPSA) is 90.7 Å². The predicted molar refractivity (Wildman–Crippen MR) is 73.7 cm³/mol. The minimum atomic E-state index is -3.61. The molecule has 0 aliphatic heterocycles. The van der Waals surface area contributed by atoms with Crippen molar-refractivity contribution in [2.45, 2.75) is 24.8 Å². The van der Waals surface area contributed by atoms with E-state index in [1.54, 1.807) is 12.1 Å². The fraction of sp³-hybridized carbons (Fsp3) is 0.500. The number of hydrogen-bond donors (Lipinski definition) is 2. The summed E-state index contributed by atoms with van der Waals surface area (Å²) < 4.78 is 36.8. The van der Waals surface area contributed by atoms with E-state index in [-0.39, 0.29) is 16.7 Å². The van der Waals surface area contributed by atoms with E-state index in [1.807, 2.05) is 13.8 Å². The van der Waals surface area contributed by atoms with Gasteiger partial charge in [-0.25, -0.2) is 13.1 Å². The van der Waals surface area contributed by atoms with Gasteiger partial charge in [-0.1, -0.05) is 0 Å². The molecule has 3 N–H and O–H groups in total. The lowest BCUT2D eigenvalue weighted by Gasteiger charge is -2.17. The van der Waals surface area contributed by atoms with Gasteiger partial charge in [-0.2, -0.15) is 0 Å². The molecule has 1 unspecified atom stereocenters. The van der Waals surface area contributed by atoms with Crippen molar-refractivity contribution >= 4 is 15.7 Å². The van der Waals surface area contributed by atoms with Crippen LogP contribution in [0.15, 0.2) is 23.1 Å². The fourth-order valence-electron chi connectivity index (χ4n) is 1.48. The molecular weight excluding hydrogens is 268 g/mol. The standard InChI is InChI=1S/C12H20N2O4S/c1-4-17-8-9(2)18-11-6-5-10(13)7-12(11)19(15,16)14-3/h5-7,9,14H,4,8,13H2,1-3H3. The number of nitrogens with two attached hydrogens (primary N) is 1. The van der Waals surface area contributed by atoms with E-state index in [0.717, 1.165) is 0 Å². The van der Waals surface area contributed by atoms with Gasteiger partial charge in [0.25, 0.3) is 0 Å². The molecule has 0 saturated heterocycles. The maximum atomic E-state index is 11.9. The van der Waals surface area contributed by atoms with Crippen LogP contribution in [-0.2, 0) is 14.8 Å². The molecule has 0 spiro atoms. The Morgan fingerprint density at radius 3 is 2.68 bits per heavy atom. The number of anilines is 1. The highest BCUT2D eigenvalue weighted by Crippen LogP contribution is 2.26. The second-order valence-electron chi connectivity index (χ2n) is 4.00. The quantitative estimate of drug-likeness (QED) is 0.730. The van der Waals surface area contributed by atoms with E-state index in [4.69, 9.17) is 15.2 Å². The van der Waals surface area contributed by atoms with Crippen LogP contribution in [0.2, 0.25) is 0 Å². The number of sulfonamides is 1. The summed E-state index contributed by atoms with van der Waals surface area (Å²) in [6, 6.07) is 4.51. The Labute approximate surface area is 113 Å². The average Bonchev–Trinajstić information content (AvgIpc) is 2.38. The molecule has 1 aromatic rings. The summed E-state index contributed by atoms with van der Waals surface area (Å²) in [5, 5.41) is 0. The van der Waals surface area contributed by atoms with Gasteiger partial charge in [0.2, 0.25) is 10.0 Å². The highest BCUT2D eigenvalue weighted by molar-refractivity contribution is 7.89. The molecule has 1 rings (SSSR count). The van der Waals surface area contributed by atoms with E-state index < -0.39 is 10.0 Å². The van der Waals surface area contributed by atoms with Crippen LogP contribution >= 0.6 is 0 Å². The summed E-state index contributed by atoms with van der Waals surface area (Å²) in [5.41, 5.74) is 5.98. The van der Waals surface area contributed by atoms with Crippen LogP contribution in [-0.4, -0.2) is 34.8 Å². The van der Waals surface area contributed by atoms with E-state index in [0.29, 0.717) is 18.9 Å². The molecule has 1 atom stereocenters. The summed E-state index contributed by atoms with van der Waals surface area (Å²) in [6.07, 6.45) is -0.255. The summed E-state index contributed by atoms with van der Waals surface area (Å²) in [5.74, 6) is 0.260. The highest BCUT2D eigenvalue weighted by atomic mass is 32.2. The molecule has 6 nitrogen and oxygen atoms in total. The van der Waals surface area contributed by atoms with Gasteiger partial charge in [0, 0.05) is 12.3 Å². The van der Waals surface area contributed by atoms with Gasteiger partial charge in [-0.15, -0.1) is 0 Å². The largest absolute Gasteiger partial charge is 0.487 e. The molecular formula is C12H20N2O4S. The van der Waals surface area contributed by atoms with Crippen LogP contribution in [0.5, 0.6) is 5.75 Å². The van der Waals surface area contributed by atoms with Crippen molar-refractivity contribution in [3.05, 3.63) is 18.2 Å². The third-order valence-corrected chi connectivity index (χ3v) is 3.85. The number of ether oxygens (including phenoxy) is 2. The minimum absolute atomic E-state index is 0.0262. The molecule has 0 fully saturated rings. The first-order valence-corrected chi connectivity index (χ1v) is 7.46. The van der Waals surface area contributed by atoms with Crippen molar-refractivity contribution in [3.63, 3.8) is 0 Å². The number of benzene rings is 1. The molecule has 0 aliphatic carbocycles. The molecule has 0 amide bonds. The van der Waals surface area contributed by atoms with Crippen LogP contribution in [0.1, 0.15) is 13.8 Å².